The van der Waals surface area contributed by atoms with Crippen molar-refractivity contribution in [1.82, 2.24) is 10.2 Å². The van der Waals surface area contributed by atoms with Crippen LogP contribution in [-0.2, 0) is 0 Å². The SMILES string of the molecule is CCCCCCCCCCCCCCCC=Cc1nnco1. The van der Waals surface area contributed by atoms with Crippen LogP contribution in [-0.4, -0.2) is 10.2 Å². The highest BCUT2D eigenvalue weighted by atomic mass is 16.4. The van der Waals surface area contributed by atoms with Crippen LogP contribution in [0.15, 0.2) is 16.9 Å². The zero-order valence-corrected chi connectivity index (χ0v) is 14.4. The van der Waals surface area contributed by atoms with Gasteiger partial charge in [-0.1, -0.05) is 90.0 Å². The highest BCUT2D eigenvalue weighted by Gasteiger charge is 1.94. The highest BCUT2D eigenvalue weighted by molar-refractivity contribution is 5.36. The first-order valence-corrected chi connectivity index (χ1v) is 9.36. The maximum atomic E-state index is 5.04. The number of unbranched alkanes of at least 4 members (excludes halogenated alkanes) is 13. The lowest BCUT2D eigenvalue weighted by atomic mass is 10.0. The van der Waals surface area contributed by atoms with Crippen LogP contribution in [0.4, 0.5) is 0 Å². The minimum Gasteiger partial charge on any atom is -0.424 e. The van der Waals surface area contributed by atoms with Crippen molar-refractivity contribution >= 4 is 6.08 Å². The van der Waals surface area contributed by atoms with Gasteiger partial charge in [0.05, 0.1) is 0 Å². The lowest BCUT2D eigenvalue weighted by molar-refractivity contribution is 0.539. The molecule has 1 rings (SSSR count). The summed E-state index contributed by atoms with van der Waals surface area (Å²) < 4.78 is 5.04. The molecule has 0 spiro atoms. The van der Waals surface area contributed by atoms with E-state index in [1.54, 1.807) is 0 Å². The summed E-state index contributed by atoms with van der Waals surface area (Å²) in [5.41, 5.74) is 0. The molecular formula is C19H34N2O. The summed E-state index contributed by atoms with van der Waals surface area (Å²) in [6.45, 7) is 2.28. The summed E-state index contributed by atoms with van der Waals surface area (Å²) in [7, 11) is 0. The Kier molecular flexibility index (Phi) is 12.7. The molecule has 0 saturated heterocycles. The Morgan fingerprint density at radius 1 is 0.818 bits per heavy atom. The lowest BCUT2D eigenvalue weighted by Gasteiger charge is -2.02. The standard InChI is InChI=1S/C19H34N2O/c1-2-3-4-5-6-7-8-9-10-11-12-13-14-15-16-17-19-21-20-18-22-19/h16-18H,2-15H2,1H3. The molecule has 126 valence electrons. The van der Waals surface area contributed by atoms with Crippen LogP contribution >= 0.6 is 0 Å². The van der Waals surface area contributed by atoms with E-state index in [0.29, 0.717) is 5.89 Å². The van der Waals surface area contributed by atoms with Crippen molar-refractivity contribution in [2.75, 3.05) is 0 Å². The second-order valence-corrected chi connectivity index (χ2v) is 6.21. The molecule has 1 aromatic heterocycles. The second kappa shape index (κ2) is 14.8. The van der Waals surface area contributed by atoms with E-state index in [0.717, 1.165) is 6.42 Å². The fourth-order valence-electron chi connectivity index (χ4n) is 2.72. The third-order valence-corrected chi connectivity index (χ3v) is 4.11. The summed E-state index contributed by atoms with van der Waals surface area (Å²) in [4.78, 5) is 0. The van der Waals surface area contributed by atoms with Gasteiger partial charge in [0.1, 0.15) is 0 Å². The van der Waals surface area contributed by atoms with Crippen molar-refractivity contribution in [3.05, 3.63) is 18.4 Å². The van der Waals surface area contributed by atoms with Crippen LogP contribution in [0.2, 0.25) is 0 Å². The third kappa shape index (κ3) is 11.5. The minimum atomic E-state index is 0.606. The largest absolute Gasteiger partial charge is 0.424 e. The average Bonchev–Trinajstić information content (AvgIpc) is 3.04. The minimum absolute atomic E-state index is 0.606. The van der Waals surface area contributed by atoms with Gasteiger partial charge in [0.25, 0.3) is 0 Å². The number of allylic oxidation sites excluding steroid dienone is 1. The molecule has 0 unspecified atom stereocenters. The Labute approximate surface area is 136 Å². The Bertz CT molecular complexity index is 346. The van der Waals surface area contributed by atoms with Crippen molar-refractivity contribution in [3.8, 4) is 0 Å². The number of nitrogens with zero attached hydrogens (tertiary/aromatic N) is 2. The van der Waals surface area contributed by atoms with Gasteiger partial charge in [-0.2, -0.15) is 0 Å². The molecule has 0 aliphatic rings. The zero-order valence-electron chi connectivity index (χ0n) is 14.4. The van der Waals surface area contributed by atoms with Crippen molar-refractivity contribution in [1.29, 1.82) is 0 Å². The molecule has 0 bridgehead atoms. The molecule has 3 nitrogen and oxygen atoms in total. The molecule has 0 aromatic carbocycles. The number of hydrogen-bond acceptors (Lipinski definition) is 3. The molecular weight excluding hydrogens is 272 g/mol. The van der Waals surface area contributed by atoms with E-state index < -0.39 is 0 Å². The van der Waals surface area contributed by atoms with Gasteiger partial charge in [0, 0.05) is 0 Å². The van der Waals surface area contributed by atoms with Crippen LogP contribution in [0.25, 0.3) is 6.08 Å². The summed E-state index contributed by atoms with van der Waals surface area (Å²) in [6, 6.07) is 0. The van der Waals surface area contributed by atoms with Crippen LogP contribution in [0.3, 0.4) is 0 Å². The number of hydrogen-bond donors (Lipinski definition) is 0. The van der Waals surface area contributed by atoms with Gasteiger partial charge in [-0.05, 0) is 18.9 Å². The Morgan fingerprint density at radius 3 is 1.86 bits per heavy atom. The Balaban J connectivity index is 1.73. The molecule has 0 aliphatic carbocycles. The summed E-state index contributed by atoms with van der Waals surface area (Å²) >= 11 is 0. The second-order valence-electron chi connectivity index (χ2n) is 6.21. The number of aromatic nitrogens is 2. The molecule has 0 atom stereocenters. The van der Waals surface area contributed by atoms with E-state index in [-0.39, 0.29) is 0 Å². The van der Waals surface area contributed by atoms with Gasteiger partial charge >= 0.3 is 0 Å². The third-order valence-electron chi connectivity index (χ3n) is 4.11. The van der Waals surface area contributed by atoms with Crippen molar-refractivity contribution in [3.63, 3.8) is 0 Å². The van der Waals surface area contributed by atoms with Crippen LogP contribution < -0.4 is 0 Å². The average molecular weight is 306 g/mol. The highest BCUT2D eigenvalue weighted by Crippen LogP contribution is 2.13. The fraction of sp³-hybridized carbons (Fsp3) is 0.789. The van der Waals surface area contributed by atoms with Gasteiger partial charge in [-0.3, -0.25) is 0 Å². The van der Waals surface area contributed by atoms with Crippen LogP contribution in [0.5, 0.6) is 0 Å². The van der Waals surface area contributed by atoms with Gasteiger partial charge < -0.3 is 4.42 Å². The van der Waals surface area contributed by atoms with Crippen molar-refractivity contribution in [2.24, 2.45) is 0 Å². The summed E-state index contributed by atoms with van der Waals surface area (Å²) in [5, 5.41) is 7.46. The first-order chi connectivity index (χ1) is 10.9. The van der Waals surface area contributed by atoms with Gasteiger partial charge in [-0.25, -0.2) is 0 Å². The Hall–Kier alpha value is -1.12. The molecule has 0 amide bonds. The predicted molar refractivity (Wildman–Crippen MR) is 93.6 cm³/mol. The molecule has 0 radical (unpaired) electrons. The quantitative estimate of drug-likeness (QED) is 0.344. The maximum Gasteiger partial charge on any atom is 0.239 e. The summed E-state index contributed by atoms with van der Waals surface area (Å²) in [5.74, 6) is 0.606. The molecule has 22 heavy (non-hydrogen) atoms. The van der Waals surface area contributed by atoms with E-state index in [2.05, 4.69) is 23.2 Å². The number of rotatable bonds is 15. The zero-order chi connectivity index (χ0) is 15.7. The topological polar surface area (TPSA) is 38.9 Å². The van der Waals surface area contributed by atoms with E-state index >= 15 is 0 Å². The molecule has 0 fully saturated rings. The van der Waals surface area contributed by atoms with E-state index in [4.69, 9.17) is 4.42 Å². The molecule has 0 aliphatic heterocycles. The lowest BCUT2D eigenvalue weighted by Crippen LogP contribution is -1.82. The van der Waals surface area contributed by atoms with Gasteiger partial charge in [0.2, 0.25) is 12.3 Å². The van der Waals surface area contributed by atoms with Gasteiger partial charge in [0.15, 0.2) is 0 Å². The van der Waals surface area contributed by atoms with Crippen LogP contribution in [0, 0.1) is 0 Å². The maximum absolute atomic E-state index is 5.04. The van der Waals surface area contributed by atoms with Gasteiger partial charge in [-0.15, -0.1) is 10.2 Å². The fourth-order valence-corrected chi connectivity index (χ4v) is 2.72. The first-order valence-electron chi connectivity index (χ1n) is 9.36. The van der Waals surface area contributed by atoms with E-state index in [9.17, 15) is 0 Å². The molecule has 1 heterocycles. The van der Waals surface area contributed by atoms with Crippen molar-refractivity contribution < 1.29 is 4.42 Å². The molecule has 0 saturated carbocycles. The predicted octanol–water partition coefficient (Wildman–Crippen LogP) is 6.56. The Morgan fingerprint density at radius 2 is 1.36 bits per heavy atom. The van der Waals surface area contributed by atoms with Crippen molar-refractivity contribution in [2.45, 2.75) is 96.8 Å². The first kappa shape index (κ1) is 18.9. The normalized spacial score (nSPS) is 11.5. The smallest absolute Gasteiger partial charge is 0.239 e. The molecule has 3 heteroatoms. The summed E-state index contributed by atoms with van der Waals surface area (Å²) in [6.07, 6.45) is 24.8. The molecule has 1 aromatic rings. The molecule has 0 N–H and O–H groups in total. The van der Waals surface area contributed by atoms with Crippen LogP contribution in [0.1, 0.15) is 103 Å². The van der Waals surface area contributed by atoms with E-state index in [1.807, 2.05) is 6.08 Å². The van der Waals surface area contributed by atoms with E-state index in [1.165, 1.54) is 89.9 Å². The monoisotopic (exact) mass is 306 g/mol.